The van der Waals surface area contributed by atoms with E-state index in [1.165, 1.54) is 3.57 Å². The maximum atomic E-state index is 12.4. The molecule has 29 heavy (non-hydrogen) atoms. The first-order valence-electron chi connectivity index (χ1n) is 9.00. The lowest BCUT2D eigenvalue weighted by Gasteiger charge is -2.07. The number of halogens is 1. The molecule has 0 spiro atoms. The maximum absolute atomic E-state index is 12.4. The predicted molar refractivity (Wildman–Crippen MR) is 123 cm³/mol. The molecule has 0 aliphatic heterocycles. The van der Waals surface area contributed by atoms with Crippen molar-refractivity contribution in [2.75, 3.05) is 5.32 Å². The van der Waals surface area contributed by atoms with Gasteiger partial charge in [0.1, 0.15) is 24.0 Å². The Hall–Kier alpha value is -3.11. The fourth-order valence-corrected chi connectivity index (χ4v) is 2.92. The molecule has 5 heteroatoms. The van der Waals surface area contributed by atoms with Crippen LogP contribution in [-0.4, -0.2) is 5.91 Å². The molecule has 0 saturated heterocycles. The van der Waals surface area contributed by atoms with E-state index in [4.69, 9.17) is 4.74 Å². The minimum absolute atomic E-state index is 0.0399. The van der Waals surface area contributed by atoms with Gasteiger partial charge in [-0.3, -0.25) is 4.79 Å². The van der Waals surface area contributed by atoms with Gasteiger partial charge in [-0.2, -0.15) is 5.26 Å². The van der Waals surface area contributed by atoms with Crippen LogP contribution in [0.25, 0.3) is 6.08 Å². The lowest BCUT2D eigenvalue weighted by atomic mass is 10.1. The average Bonchev–Trinajstić information content (AvgIpc) is 2.74. The highest BCUT2D eigenvalue weighted by molar-refractivity contribution is 14.1. The van der Waals surface area contributed by atoms with Crippen molar-refractivity contribution in [1.82, 2.24) is 0 Å². The first-order valence-corrected chi connectivity index (χ1v) is 10.1. The van der Waals surface area contributed by atoms with E-state index in [0.29, 0.717) is 12.3 Å². The number of rotatable bonds is 6. The fourth-order valence-electron chi connectivity index (χ4n) is 2.56. The Labute approximate surface area is 184 Å². The SMILES string of the molecule is Cc1ccc(NC(=O)/C(C#N)=C\c2ccc(OCc3ccc(I)cc3)cc2)cc1. The second-order valence-corrected chi connectivity index (χ2v) is 7.72. The molecule has 4 nitrogen and oxygen atoms in total. The molecule has 0 heterocycles. The molecular formula is C24H19IN2O2. The standard InChI is InChI=1S/C24H19IN2O2/c1-17-2-10-22(11-3-17)27-24(28)20(15-26)14-18-6-12-23(13-7-18)29-16-19-4-8-21(25)9-5-19/h2-14H,16H2,1H3,(H,27,28)/b20-14-. The Balaban J connectivity index is 1.63. The van der Waals surface area contributed by atoms with Gasteiger partial charge < -0.3 is 10.1 Å². The van der Waals surface area contributed by atoms with Crippen molar-refractivity contribution in [3.63, 3.8) is 0 Å². The number of anilines is 1. The second-order valence-electron chi connectivity index (χ2n) is 6.47. The summed E-state index contributed by atoms with van der Waals surface area (Å²) in [5, 5.41) is 12.1. The number of nitrogens with one attached hydrogen (secondary N) is 1. The highest BCUT2D eigenvalue weighted by atomic mass is 127. The molecule has 1 N–H and O–H groups in total. The maximum Gasteiger partial charge on any atom is 0.266 e. The molecular weight excluding hydrogens is 475 g/mol. The second kappa shape index (κ2) is 9.89. The van der Waals surface area contributed by atoms with Gasteiger partial charge >= 0.3 is 0 Å². The van der Waals surface area contributed by atoms with E-state index in [1.807, 2.05) is 85.8 Å². The zero-order chi connectivity index (χ0) is 20.6. The van der Waals surface area contributed by atoms with Crippen LogP contribution in [-0.2, 0) is 11.4 Å². The number of hydrogen-bond donors (Lipinski definition) is 1. The van der Waals surface area contributed by atoms with Crippen LogP contribution < -0.4 is 10.1 Å². The molecule has 1 amide bonds. The number of aryl methyl sites for hydroxylation is 1. The van der Waals surface area contributed by atoms with Crippen LogP contribution in [0.3, 0.4) is 0 Å². The van der Waals surface area contributed by atoms with Gasteiger partial charge in [-0.05, 0) is 83.1 Å². The van der Waals surface area contributed by atoms with Crippen LogP contribution in [0.2, 0.25) is 0 Å². The molecule has 3 rings (SSSR count). The number of hydrogen-bond acceptors (Lipinski definition) is 3. The molecule has 0 unspecified atom stereocenters. The molecule has 144 valence electrons. The number of nitriles is 1. The summed E-state index contributed by atoms with van der Waals surface area (Å²) in [6.45, 7) is 2.45. The zero-order valence-electron chi connectivity index (χ0n) is 15.9. The smallest absolute Gasteiger partial charge is 0.266 e. The third-order valence-corrected chi connectivity index (χ3v) is 4.90. The first kappa shape index (κ1) is 20.6. The minimum atomic E-state index is -0.435. The highest BCUT2D eigenvalue weighted by Gasteiger charge is 2.09. The third-order valence-electron chi connectivity index (χ3n) is 4.18. The van der Waals surface area contributed by atoms with Crippen LogP contribution in [0.1, 0.15) is 16.7 Å². The summed E-state index contributed by atoms with van der Waals surface area (Å²) in [6, 6.07) is 24.8. The monoisotopic (exact) mass is 494 g/mol. The van der Waals surface area contributed by atoms with Crippen molar-refractivity contribution in [1.29, 1.82) is 5.26 Å². The quantitative estimate of drug-likeness (QED) is 0.271. The van der Waals surface area contributed by atoms with Crippen LogP contribution >= 0.6 is 22.6 Å². The summed E-state index contributed by atoms with van der Waals surface area (Å²) < 4.78 is 6.97. The Morgan fingerprint density at radius 3 is 2.31 bits per heavy atom. The largest absolute Gasteiger partial charge is 0.489 e. The van der Waals surface area contributed by atoms with Crippen LogP contribution in [0, 0.1) is 21.8 Å². The van der Waals surface area contributed by atoms with Crippen LogP contribution in [0.15, 0.2) is 78.4 Å². The van der Waals surface area contributed by atoms with Gasteiger partial charge in [0.2, 0.25) is 0 Å². The van der Waals surface area contributed by atoms with Crippen molar-refractivity contribution in [3.8, 4) is 11.8 Å². The molecule has 0 bridgehead atoms. The molecule has 0 aromatic heterocycles. The van der Waals surface area contributed by atoms with Crippen molar-refractivity contribution in [2.24, 2.45) is 0 Å². The Kier molecular flexibility index (Phi) is 7.04. The summed E-state index contributed by atoms with van der Waals surface area (Å²) in [6.07, 6.45) is 1.56. The topological polar surface area (TPSA) is 62.1 Å². The summed E-state index contributed by atoms with van der Waals surface area (Å²) >= 11 is 2.27. The van der Waals surface area contributed by atoms with Gasteiger partial charge in [-0.25, -0.2) is 0 Å². The number of nitrogens with zero attached hydrogens (tertiary/aromatic N) is 1. The summed E-state index contributed by atoms with van der Waals surface area (Å²) in [5.74, 6) is 0.290. The molecule has 0 aliphatic carbocycles. The fraction of sp³-hybridized carbons (Fsp3) is 0.0833. The summed E-state index contributed by atoms with van der Waals surface area (Å²) in [5.41, 5.74) is 3.64. The Morgan fingerprint density at radius 1 is 1.03 bits per heavy atom. The van der Waals surface area contributed by atoms with E-state index in [9.17, 15) is 10.1 Å². The third kappa shape index (κ3) is 6.19. The first-order chi connectivity index (χ1) is 14.0. The lowest BCUT2D eigenvalue weighted by Crippen LogP contribution is -2.13. The Morgan fingerprint density at radius 2 is 1.69 bits per heavy atom. The van der Waals surface area contributed by atoms with Crippen LogP contribution in [0.5, 0.6) is 5.75 Å². The predicted octanol–water partition coefficient (Wildman–Crippen LogP) is 5.72. The van der Waals surface area contributed by atoms with Gasteiger partial charge in [0.05, 0.1) is 0 Å². The number of benzene rings is 3. The molecule has 0 saturated carbocycles. The van der Waals surface area contributed by atoms with Crippen molar-refractivity contribution < 1.29 is 9.53 Å². The van der Waals surface area contributed by atoms with E-state index in [0.717, 1.165) is 22.4 Å². The number of amides is 1. The normalized spacial score (nSPS) is 10.9. The molecule has 3 aromatic rings. The lowest BCUT2D eigenvalue weighted by molar-refractivity contribution is -0.112. The van der Waals surface area contributed by atoms with E-state index in [1.54, 1.807) is 6.08 Å². The summed E-state index contributed by atoms with van der Waals surface area (Å²) in [4.78, 5) is 12.4. The van der Waals surface area contributed by atoms with Crippen molar-refractivity contribution in [2.45, 2.75) is 13.5 Å². The summed E-state index contributed by atoms with van der Waals surface area (Å²) in [7, 11) is 0. The minimum Gasteiger partial charge on any atom is -0.489 e. The zero-order valence-corrected chi connectivity index (χ0v) is 18.0. The molecule has 3 aromatic carbocycles. The van der Waals surface area contributed by atoms with Gasteiger partial charge in [0.25, 0.3) is 5.91 Å². The highest BCUT2D eigenvalue weighted by Crippen LogP contribution is 2.17. The van der Waals surface area contributed by atoms with E-state index < -0.39 is 5.91 Å². The van der Waals surface area contributed by atoms with Gasteiger partial charge in [0, 0.05) is 9.26 Å². The average molecular weight is 494 g/mol. The number of carbonyl (C=O) groups is 1. The van der Waals surface area contributed by atoms with Gasteiger partial charge in [0.15, 0.2) is 0 Å². The van der Waals surface area contributed by atoms with E-state index in [2.05, 4.69) is 27.9 Å². The van der Waals surface area contributed by atoms with E-state index >= 15 is 0 Å². The van der Waals surface area contributed by atoms with Gasteiger partial charge in [-0.1, -0.05) is 42.0 Å². The molecule has 0 atom stereocenters. The van der Waals surface area contributed by atoms with Crippen molar-refractivity contribution in [3.05, 3.63) is 98.6 Å². The van der Waals surface area contributed by atoms with E-state index in [-0.39, 0.29) is 5.57 Å². The molecule has 0 aliphatic rings. The van der Waals surface area contributed by atoms with Gasteiger partial charge in [-0.15, -0.1) is 0 Å². The number of ether oxygens (including phenoxy) is 1. The van der Waals surface area contributed by atoms with Crippen molar-refractivity contribution >= 4 is 40.3 Å². The van der Waals surface area contributed by atoms with Crippen LogP contribution in [0.4, 0.5) is 5.69 Å². The molecule has 0 fully saturated rings. The molecule has 0 radical (unpaired) electrons. The number of carbonyl (C=O) groups excluding carboxylic acids is 1. The Bertz CT molecular complexity index is 1050.